The fourth-order valence-electron chi connectivity index (χ4n) is 1.08. The Morgan fingerprint density at radius 1 is 1.38 bits per heavy atom. The number of rotatable bonds is 4. The van der Waals surface area contributed by atoms with E-state index in [4.69, 9.17) is 10.4 Å². The standard InChI is InChI=1S/C9H8N2O4S/c10-6-11-16(14,15)8-3-1-7(2-4-8)5-9(12)13/h1-4,11H,5H2,(H,12,13). The predicted octanol–water partition coefficient (Wildman–Crippen LogP) is 0.0731. The maximum atomic E-state index is 11.3. The van der Waals surface area contributed by atoms with Crippen LogP contribution in [0.1, 0.15) is 5.56 Å². The molecule has 0 saturated carbocycles. The molecule has 0 aliphatic heterocycles. The fourth-order valence-corrected chi connectivity index (χ4v) is 1.81. The summed E-state index contributed by atoms with van der Waals surface area (Å²) in [5, 5.41) is 16.7. The summed E-state index contributed by atoms with van der Waals surface area (Å²) in [5.41, 5.74) is 0.489. The SMILES string of the molecule is N#CNS(=O)(=O)c1ccc(CC(=O)O)cc1. The van der Waals surface area contributed by atoms with Crippen LogP contribution in [-0.2, 0) is 21.2 Å². The minimum Gasteiger partial charge on any atom is -0.481 e. The van der Waals surface area contributed by atoms with Crippen molar-refractivity contribution >= 4 is 16.0 Å². The number of nitrogens with zero attached hydrogens (tertiary/aromatic N) is 1. The van der Waals surface area contributed by atoms with Crippen LogP contribution in [0.2, 0.25) is 0 Å². The summed E-state index contributed by atoms with van der Waals surface area (Å²) in [7, 11) is -3.81. The molecule has 1 rings (SSSR count). The highest BCUT2D eigenvalue weighted by Gasteiger charge is 2.12. The van der Waals surface area contributed by atoms with Gasteiger partial charge in [0.25, 0.3) is 10.0 Å². The van der Waals surface area contributed by atoms with Crippen LogP contribution in [0, 0.1) is 11.5 Å². The number of carboxylic acid groups (broad SMARTS) is 1. The quantitative estimate of drug-likeness (QED) is 0.572. The van der Waals surface area contributed by atoms with Crippen LogP contribution >= 0.6 is 0 Å². The normalized spacial score (nSPS) is 10.4. The van der Waals surface area contributed by atoms with Crippen molar-refractivity contribution in [2.24, 2.45) is 0 Å². The lowest BCUT2D eigenvalue weighted by molar-refractivity contribution is -0.136. The molecule has 0 unspecified atom stereocenters. The topological polar surface area (TPSA) is 107 Å². The van der Waals surface area contributed by atoms with Gasteiger partial charge < -0.3 is 5.11 Å². The van der Waals surface area contributed by atoms with Crippen LogP contribution in [0.5, 0.6) is 0 Å². The number of carbonyl (C=O) groups is 1. The lowest BCUT2D eigenvalue weighted by Crippen LogP contribution is -2.18. The van der Waals surface area contributed by atoms with Crippen molar-refractivity contribution in [2.45, 2.75) is 11.3 Å². The zero-order valence-electron chi connectivity index (χ0n) is 8.04. The van der Waals surface area contributed by atoms with E-state index in [2.05, 4.69) is 0 Å². The molecule has 1 aromatic rings. The third kappa shape index (κ3) is 2.96. The Bertz CT molecular complexity index is 528. The second kappa shape index (κ2) is 4.63. The molecule has 0 saturated heterocycles. The number of benzene rings is 1. The minimum atomic E-state index is -3.81. The van der Waals surface area contributed by atoms with Gasteiger partial charge in [0, 0.05) is 0 Å². The molecule has 7 heteroatoms. The molecule has 0 amide bonds. The maximum absolute atomic E-state index is 11.3. The molecule has 0 spiro atoms. The second-order valence-corrected chi connectivity index (χ2v) is 4.61. The Kier molecular flexibility index (Phi) is 3.48. The summed E-state index contributed by atoms with van der Waals surface area (Å²) in [4.78, 5) is 10.3. The lowest BCUT2D eigenvalue weighted by atomic mass is 10.2. The molecule has 6 nitrogen and oxygen atoms in total. The van der Waals surface area contributed by atoms with Gasteiger partial charge in [0.2, 0.25) is 0 Å². The van der Waals surface area contributed by atoms with E-state index in [9.17, 15) is 13.2 Å². The molecule has 0 aromatic heterocycles. The summed E-state index contributed by atoms with van der Waals surface area (Å²) < 4.78 is 24.3. The van der Waals surface area contributed by atoms with Crippen molar-refractivity contribution in [3.8, 4) is 6.19 Å². The van der Waals surface area contributed by atoms with Gasteiger partial charge >= 0.3 is 5.97 Å². The molecular formula is C9H8N2O4S. The molecule has 0 radical (unpaired) electrons. The molecule has 0 atom stereocenters. The van der Waals surface area contributed by atoms with E-state index in [0.29, 0.717) is 5.56 Å². The minimum absolute atomic E-state index is 0.0804. The highest BCUT2D eigenvalue weighted by Crippen LogP contribution is 2.10. The number of carboxylic acids is 1. The number of hydrogen-bond donors (Lipinski definition) is 2. The average Bonchev–Trinajstić information content (AvgIpc) is 2.17. The van der Waals surface area contributed by atoms with Crippen molar-refractivity contribution in [2.75, 3.05) is 0 Å². The molecule has 16 heavy (non-hydrogen) atoms. The third-order valence-electron chi connectivity index (χ3n) is 1.77. The number of aliphatic carboxylic acids is 1. The Labute approximate surface area is 92.2 Å². The van der Waals surface area contributed by atoms with Gasteiger partial charge in [0.1, 0.15) is 0 Å². The second-order valence-electron chi connectivity index (χ2n) is 2.93. The first kappa shape index (κ1) is 12.0. The summed E-state index contributed by atoms with van der Waals surface area (Å²) in [6, 6.07) is 5.27. The molecule has 1 aromatic carbocycles. The van der Waals surface area contributed by atoms with Gasteiger partial charge in [0.05, 0.1) is 11.3 Å². The average molecular weight is 240 g/mol. The highest BCUT2D eigenvalue weighted by atomic mass is 32.2. The van der Waals surface area contributed by atoms with Crippen molar-refractivity contribution in [1.82, 2.24) is 4.72 Å². The van der Waals surface area contributed by atoms with Crippen LogP contribution in [0.25, 0.3) is 0 Å². The molecule has 0 aliphatic carbocycles. The van der Waals surface area contributed by atoms with E-state index >= 15 is 0 Å². The summed E-state index contributed by atoms with van der Waals surface area (Å²) in [6.07, 6.45) is 1.15. The number of hydrogen-bond acceptors (Lipinski definition) is 4. The van der Waals surface area contributed by atoms with Crippen LogP contribution in [-0.4, -0.2) is 19.5 Å². The maximum Gasteiger partial charge on any atom is 0.307 e. The first-order valence-corrected chi connectivity index (χ1v) is 5.65. The highest BCUT2D eigenvalue weighted by molar-refractivity contribution is 7.89. The van der Waals surface area contributed by atoms with E-state index in [1.165, 1.54) is 30.5 Å². The van der Waals surface area contributed by atoms with Crippen LogP contribution in [0.3, 0.4) is 0 Å². The van der Waals surface area contributed by atoms with E-state index < -0.39 is 16.0 Å². The Balaban J connectivity index is 2.96. The van der Waals surface area contributed by atoms with E-state index in [-0.39, 0.29) is 11.3 Å². The Morgan fingerprint density at radius 3 is 2.38 bits per heavy atom. The molecular weight excluding hydrogens is 232 g/mol. The number of nitrogens with one attached hydrogen (secondary N) is 1. The third-order valence-corrected chi connectivity index (χ3v) is 3.02. The van der Waals surface area contributed by atoms with Crippen molar-refractivity contribution in [3.63, 3.8) is 0 Å². The van der Waals surface area contributed by atoms with Crippen molar-refractivity contribution in [3.05, 3.63) is 29.8 Å². The fraction of sp³-hybridized carbons (Fsp3) is 0.111. The van der Waals surface area contributed by atoms with E-state index in [0.717, 1.165) is 0 Å². The summed E-state index contributed by atoms with van der Waals surface area (Å²) >= 11 is 0. The zero-order chi connectivity index (χ0) is 12.2. The predicted molar refractivity (Wildman–Crippen MR) is 53.7 cm³/mol. The molecule has 0 heterocycles. The van der Waals surface area contributed by atoms with E-state index in [1.807, 2.05) is 0 Å². The van der Waals surface area contributed by atoms with Crippen molar-refractivity contribution < 1.29 is 18.3 Å². The van der Waals surface area contributed by atoms with Gasteiger partial charge in [-0.05, 0) is 17.7 Å². The monoisotopic (exact) mass is 240 g/mol. The lowest BCUT2D eigenvalue weighted by Gasteiger charge is -2.02. The molecule has 0 aliphatic rings. The van der Waals surface area contributed by atoms with Crippen molar-refractivity contribution in [1.29, 1.82) is 5.26 Å². The summed E-state index contributed by atoms with van der Waals surface area (Å²) in [5.74, 6) is -0.995. The van der Waals surface area contributed by atoms with Gasteiger partial charge in [0.15, 0.2) is 6.19 Å². The van der Waals surface area contributed by atoms with Gasteiger partial charge in [-0.2, -0.15) is 5.26 Å². The number of sulfonamides is 1. The van der Waals surface area contributed by atoms with E-state index in [1.54, 1.807) is 4.72 Å². The number of nitriles is 1. The molecule has 84 valence electrons. The van der Waals surface area contributed by atoms with Gasteiger partial charge in [-0.15, -0.1) is 0 Å². The largest absolute Gasteiger partial charge is 0.481 e. The van der Waals surface area contributed by atoms with Crippen LogP contribution in [0.15, 0.2) is 29.2 Å². The van der Waals surface area contributed by atoms with Gasteiger partial charge in [-0.3, -0.25) is 4.79 Å². The first-order chi connectivity index (χ1) is 7.45. The van der Waals surface area contributed by atoms with Gasteiger partial charge in [-0.25, -0.2) is 13.1 Å². The summed E-state index contributed by atoms with van der Waals surface area (Å²) in [6.45, 7) is 0. The molecule has 2 N–H and O–H groups in total. The zero-order valence-corrected chi connectivity index (χ0v) is 8.86. The molecule has 0 bridgehead atoms. The first-order valence-electron chi connectivity index (χ1n) is 4.17. The molecule has 0 fully saturated rings. The Hall–Kier alpha value is -2.07. The van der Waals surface area contributed by atoms with Crippen LogP contribution in [0.4, 0.5) is 0 Å². The Morgan fingerprint density at radius 2 is 1.94 bits per heavy atom. The van der Waals surface area contributed by atoms with Gasteiger partial charge in [-0.1, -0.05) is 12.1 Å². The smallest absolute Gasteiger partial charge is 0.307 e. The van der Waals surface area contributed by atoms with Crippen LogP contribution < -0.4 is 4.72 Å².